The Bertz CT molecular complexity index is 3200. The van der Waals surface area contributed by atoms with Crippen molar-refractivity contribution in [3.8, 4) is 33.4 Å². The van der Waals surface area contributed by atoms with Crippen molar-refractivity contribution in [2.24, 2.45) is 0 Å². The second-order valence-corrected chi connectivity index (χ2v) is 15.2. The normalized spacial score (nSPS) is 11.6. The molecule has 11 rings (SSSR count). The van der Waals surface area contributed by atoms with Crippen molar-refractivity contribution in [1.29, 1.82) is 0 Å². The number of anilines is 3. The minimum absolute atomic E-state index is 0.866. The number of rotatable bonds is 6. The molecule has 0 saturated heterocycles. The van der Waals surface area contributed by atoms with Crippen LogP contribution in [-0.4, -0.2) is 0 Å². The first-order valence-corrected chi connectivity index (χ1v) is 19.5. The number of hydrogen-bond donors (Lipinski definition) is 0. The number of hydrogen-bond acceptors (Lipinski definition) is 3. The van der Waals surface area contributed by atoms with E-state index in [4.69, 9.17) is 4.42 Å². The van der Waals surface area contributed by atoms with Gasteiger partial charge in [-0.1, -0.05) is 140 Å². The van der Waals surface area contributed by atoms with Gasteiger partial charge in [0.2, 0.25) is 0 Å². The summed E-state index contributed by atoms with van der Waals surface area (Å²) in [6.07, 6.45) is 0. The highest BCUT2D eigenvalue weighted by Crippen LogP contribution is 2.45. The van der Waals surface area contributed by atoms with Crippen LogP contribution in [0.4, 0.5) is 17.1 Å². The Morgan fingerprint density at radius 2 is 1.00 bits per heavy atom. The molecule has 0 saturated carbocycles. The molecule has 0 aliphatic heterocycles. The van der Waals surface area contributed by atoms with Crippen LogP contribution < -0.4 is 4.90 Å². The molecule has 3 heteroatoms. The summed E-state index contributed by atoms with van der Waals surface area (Å²) >= 11 is 1.87. The zero-order valence-electron chi connectivity index (χ0n) is 29.8. The van der Waals surface area contributed by atoms with E-state index in [0.29, 0.717) is 0 Å². The highest BCUT2D eigenvalue weighted by Gasteiger charge is 2.19. The van der Waals surface area contributed by atoms with Gasteiger partial charge in [-0.3, -0.25) is 0 Å². The number of fused-ring (bicyclic) bond motifs is 7. The number of furan rings is 1. The lowest BCUT2D eigenvalue weighted by Crippen LogP contribution is -2.10. The van der Waals surface area contributed by atoms with Gasteiger partial charge in [-0.05, 0) is 98.8 Å². The Kier molecular flexibility index (Phi) is 7.39. The minimum atomic E-state index is 0.866. The van der Waals surface area contributed by atoms with Crippen LogP contribution in [0.3, 0.4) is 0 Å². The van der Waals surface area contributed by atoms with Gasteiger partial charge < -0.3 is 9.32 Å². The summed E-state index contributed by atoms with van der Waals surface area (Å²) in [6, 6.07) is 72.3. The maximum absolute atomic E-state index is 6.47. The highest BCUT2D eigenvalue weighted by atomic mass is 32.1. The van der Waals surface area contributed by atoms with E-state index in [1.807, 2.05) is 23.5 Å². The molecule has 11 aromatic rings. The fraction of sp³-hybridized carbons (Fsp3) is 0. The standard InChI is InChI=1S/C52H33NOS/c1-2-12-34(13-3-1)37-30-38(44-20-11-21-48-47-18-7-9-23-51(47)55-52(44)48)32-41(31-37)53(40-28-29-46-45-17-6-8-22-49(45)54-50(46)33-40)39-26-24-36(25-27-39)43-19-10-15-35-14-4-5-16-42(35)43/h1-33H. The van der Waals surface area contributed by atoms with Crippen LogP contribution in [-0.2, 0) is 0 Å². The highest BCUT2D eigenvalue weighted by molar-refractivity contribution is 7.26. The Hall–Kier alpha value is -6.94. The molecule has 0 fully saturated rings. The van der Waals surface area contributed by atoms with Gasteiger partial charge in [-0.25, -0.2) is 0 Å². The summed E-state index contributed by atoms with van der Waals surface area (Å²) in [6.45, 7) is 0. The van der Waals surface area contributed by atoms with Crippen LogP contribution in [0.15, 0.2) is 205 Å². The second kappa shape index (κ2) is 12.9. The average molecular weight is 720 g/mol. The minimum Gasteiger partial charge on any atom is -0.456 e. The lowest BCUT2D eigenvalue weighted by Gasteiger charge is -2.27. The molecule has 258 valence electrons. The quantitative estimate of drug-likeness (QED) is 0.170. The van der Waals surface area contributed by atoms with Crippen LogP contribution in [0.2, 0.25) is 0 Å². The van der Waals surface area contributed by atoms with Gasteiger partial charge >= 0.3 is 0 Å². The van der Waals surface area contributed by atoms with Gasteiger partial charge in [0.25, 0.3) is 0 Å². The molecule has 0 bridgehead atoms. The van der Waals surface area contributed by atoms with Crippen LogP contribution in [0.25, 0.3) is 86.3 Å². The van der Waals surface area contributed by atoms with Crippen molar-refractivity contribution in [3.05, 3.63) is 200 Å². The molecule has 2 nitrogen and oxygen atoms in total. The van der Waals surface area contributed by atoms with Gasteiger partial charge in [0.15, 0.2) is 0 Å². The van der Waals surface area contributed by atoms with Crippen molar-refractivity contribution in [2.45, 2.75) is 0 Å². The molecule has 0 spiro atoms. The first-order valence-electron chi connectivity index (χ1n) is 18.7. The van der Waals surface area contributed by atoms with E-state index in [-0.39, 0.29) is 0 Å². The molecule has 0 aliphatic carbocycles. The van der Waals surface area contributed by atoms with Crippen LogP contribution in [0.5, 0.6) is 0 Å². The molecule has 0 atom stereocenters. The Morgan fingerprint density at radius 1 is 0.345 bits per heavy atom. The molecule has 0 unspecified atom stereocenters. The molecule has 2 aromatic heterocycles. The van der Waals surface area contributed by atoms with Crippen molar-refractivity contribution in [3.63, 3.8) is 0 Å². The third kappa shape index (κ3) is 5.40. The van der Waals surface area contributed by atoms with E-state index in [9.17, 15) is 0 Å². The monoisotopic (exact) mass is 719 g/mol. The Balaban J connectivity index is 1.14. The van der Waals surface area contributed by atoms with Gasteiger partial charge in [-0.15, -0.1) is 11.3 Å². The summed E-state index contributed by atoms with van der Waals surface area (Å²) < 4.78 is 9.07. The van der Waals surface area contributed by atoms with Gasteiger partial charge in [-0.2, -0.15) is 0 Å². The second-order valence-electron chi connectivity index (χ2n) is 14.1. The molecular formula is C52H33NOS. The predicted octanol–water partition coefficient (Wildman–Crippen LogP) is 15.6. The van der Waals surface area contributed by atoms with E-state index >= 15 is 0 Å². The van der Waals surface area contributed by atoms with Crippen molar-refractivity contribution in [2.75, 3.05) is 4.90 Å². The molecule has 0 N–H and O–H groups in total. The van der Waals surface area contributed by atoms with E-state index in [0.717, 1.165) is 44.6 Å². The third-order valence-electron chi connectivity index (χ3n) is 10.8. The Morgan fingerprint density at radius 3 is 1.89 bits per heavy atom. The molecular weight excluding hydrogens is 687 g/mol. The van der Waals surface area contributed by atoms with E-state index < -0.39 is 0 Å². The fourth-order valence-corrected chi connectivity index (χ4v) is 9.47. The van der Waals surface area contributed by atoms with Gasteiger partial charge in [0, 0.05) is 54.1 Å². The summed E-state index contributed by atoms with van der Waals surface area (Å²) in [5.74, 6) is 0. The van der Waals surface area contributed by atoms with Crippen LogP contribution >= 0.6 is 11.3 Å². The summed E-state index contributed by atoms with van der Waals surface area (Å²) in [4.78, 5) is 2.38. The number of thiophene rings is 1. The summed E-state index contributed by atoms with van der Waals surface area (Å²) in [5, 5.41) is 7.32. The average Bonchev–Trinajstić information content (AvgIpc) is 3.82. The predicted molar refractivity (Wildman–Crippen MR) is 235 cm³/mol. The Labute approximate surface area is 322 Å². The summed E-state index contributed by atoms with van der Waals surface area (Å²) in [7, 11) is 0. The molecule has 0 aliphatic rings. The van der Waals surface area contributed by atoms with E-state index in [2.05, 4.69) is 193 Å². The third-order valence-corrected chi connectivity index (χ3v) is 12.1. The van der Waals surface area contributed by atoms with Gasteiger partial charge in [0.05, 0.1) is 0 Å². The molecule has 0 radical (unpaired) electrons. The first-order chi connectivity index (χ1) is 27.2. The number of benzene rings is 9. The zero-order valence-corrected chi connectivity index (χ0v) is 30.6. The molecule has 55 heavy (non-hydrogen) atoms. The maximum Gasteiger partial charge on any atom is 0.137 e. The van der Waals surface area contributed by atoms with E-state index in [1.54, 1.807) is 0 Å². The van der Waals surface area contributed by atoms with Crippen molar-refractivity contribution in [1.82, 2.24) is 0 Å². The van der Waals surface area contributed by atoms with Gasteiger partial charge in [0.1, 0.15) is 11.2 Å². The van der Waals surface area contributed by atoms with Crippen LogP contribution in [0.1, 0.15) is 0 Å². The molecule has 2 heterocycles. The molecule has 9 aromatic carbocycles. The molecule has 0 amide bonds. The summed E-state index contributed by atoms with van der Waals surface area (Å²) in [5.41, 5.74) is 12.1. The number of para-hydroxylation sites is 1. The van der Waals surface area contributed by atoms with Crippen LogP contribution in [0, 0.1) is 0 Å². The zero-order chi connectivity index (χ0) is 36.3. The SMILES string of the molecule is c1ccc(-c2cc(-c3cccc4c3sc3ccccc34)cc(N(c3ccc(-c4cccc5ccccc45)cc3)c3ccc4c(c3)oc3ccccc34)c2)cc1. The lowest BCUT2D eigenvalue weighted by molar-refractivity contribution is 0.669. The maximum atomic E-state index is 6.47. The van der Waals surface area contributed by atoms with Crippen molar-refractivity contribution < 1.29 is 4.42 Å². The first kappa shape index (κ1) is 31.6. The smallest absolute Gasteiger partial charge is 0.137 e. The number of nitrogens with zero attached hydrogens (tertiary/aromatic N) is 1. The topological polar surface area (TPSA) is 16.4 Å². The lowest BCUT2D eigenvalue weighted by atomic mass is 9.96. The fourth-order valence-electron chi connectivity index (χ4n) is 8.24. The largest absolute Gasteiger partial charge is 0.456 e. The van der Waals surface area contributed by atoms with E-state index in [1.165, 1.54) is 58.8 Å². The van der Waals surface area contributed by atoms with Crippen molar-refractivity contribution >= 4 is 81.3 Å².